The van der Waals surface area contributed by atoms with Gasteiger partial charge in [-0.2, -0.15) is 4.31 Å². The molecule has 0 radical (unpaired) electrons. The predicted octanol–water partition coefficient (Wildman–Crippen LogP) is -2.22. The lowest BCUT2D eigenvalue weighted by molar-refractivity contribution is -0.226. The SMILES string of the molecule is Cc1cn([C@H]2C[C@H](O)[C@@H](COP(=O)(O)OP(=O)(O)O[C@H]3O[C@H](C)C(=O)[C@H](O)[C@H]3O)O2)c(=O)[nH]c1=O. The monoisotopic (exact) mass is 546 g/mol. The Hall–Kier alpha value is -1.59. The number of nitrogens with zero attached hydrogens (tertiary/aromatic N) is 1. The second kappa shape index (κ2) is 10.4. The molecule has 3 rings (SSSR count). The molecule has 0 spiro atoms. The van der Waals surface area contributed by atoms with Gasteiger partial charge in [-0.1, -0.05) is 0 Å². The Balaban J connectivity index is 1.59. The summed E-state index contributed by atoms with van der Waals surface area (Å²) in [5, 5.41) is 29.5. The largest absolute Gasteiger partial charge is 0.483 e. The summed E-state index contributed by atoms with van der Waals surface area (Å²) in [6, 6.07) is 0. The first-order valence-electron chi connectivity index (χ1n) is 10.0. The van der Waals surface area contributed by atoms with E-state index in [0.717, 1.165) is 4.57 Å². The number of carbonyl (C=O) groups excluding carboxylic acids is 1. The standard InChI is InChI=1S/C16H24N2O15P2/c1-6-4-18(16(24)17-14(6)23)10-3-8(19)9(31-10)5-29-34(25,26)33-35(27,28)32-15-13(22)12(21)11(20)7(2)30-15/h4,7-10,12-13,15,19,21-22H,3,5H2,1-2H3,(H,25,26)(H,27,28)(H,17,23,24)/t7-,8+,9-,10-,12+,13-,15-/m1/s1. The molecule has 0 bridgehead atoms. The van der Waals surface area contributed by atoms with Gasteiger partial charge in [0.2, 0.25) is 0 Å². The van der Waals surface area contributed by atoms with Crippen LogP contribution in [0.5, 0.6) is 0 Å². The number of rotatable bonds is 8. The van der Waals surface area contributed by atoms with Gasteiger partial charge in [-0.3, -0.25) is 28.2 Å². The van der Waals surface area contributed by atoms with E-state index < -0.39 is 82.3 Å². The number of aryl methyl sites for hydroxylation is 1. The summed E-state index contributed by atoms with van der Waals surface area (Å²) in [6.45, 7) is 1.76. The van der Waals surface area contributed by atoms with E-state index in [0.29, 0.717) is 0 Å². The summed E-state index contributed by atoms with van der Waals surface area (Å²) in [7, 11) is -10.8. The summed E-state index contributed by atoms with van der Waals surface area (Å²) >= 11 is 0. The Morgan fingerprint density at radius 1 is 1.14 bits per heavy atom. The fourth-order valence-corrected chi connectivity index (χ4v) is 5.46. The van der Waals surface area contributed by atoms with Crippen LogP contribution in [0.15, 0.2) is 15.8 Å². The number of ketones is 1. The van der Waals surface area contributed by atoms with Crippen LogP contribution in [0.4, 0.5) is 0 Å². The van der Waals surface area contributed by atoms with Crippen LogP contribution in [-0.4, -0.2) is 83.9 Å². The number of aromatic amines is 1. The first kappa shape index (κ1) is 28.0. The Kier molecular flexibility index (Phi) is 8.33. The van der Waals surface area contributed by atoms with Crippen LogP contribution in [-0.2, 0) is 36.8 Å². The molecule has 0 amide bonds. The minimum atomic E-state index is -5.47. The van der Waals surface area contributed by atoms with Gasteiger partial charge in [-0.05, 0) is 13.8 Å². The number of carbonyl (C=O) groups is 1. The summed E-state index contributed by atoms with van der Waals surface area (Å²) in [5.41, 5.74) is -1.24. The second-order valence-corrected chi connectivity index (χ2v) is 10.8. The predicted molar refractivity (Wildman–Crippen MR) is 110 cm³/mol. The molecule has 1 aromatic heterocycles. The highest BCUT2D eigenvalue weighted by Gasteiger charge is 2.47. The van der Waals surface area contributed by atoms with Crippen LogP contribution in [0.25, 0.3) is 0 Å². The van der Waals surface area contributed by atoms with Gasteiger partial charge in [0.25, 0.3) is 5.56 Å². The van der Waals surface area contributed by atoms with Gasteiger partial charge >= 0.3 is 21.3 Å². The third-order valence-corrected chi connectivity index (χ3v) is 7.74. The summed E-state index contributed by atoms with van der Waals surface area (Å²) in [4.78, 5) is 56.7. The van der Waals surface area contributed by atoms with E-state index >= 15 is 0 Å². The Labute approximate surface area is 196 Å². The van der Waals surface area contributed by atoms with Crippen LogP contribution in [0, 0.1) is 6.92 Å². The third kappa shape index (κ3) is 6.60. The molecule has 9 atom stereocenters. The van der Waals surface area contributed by atoms with E-state index in [2.05, 4.69) is 18.3 Å². The molecule has 2 aliphatic heterocycles. The molecule has 2 fully saturated rings. The van der Waals surface area contributed by atoms with Gasteiger partial charge in [-0.15, -0.1) is 0 Å². The van der Waals surface area contributed by atoms with Crippen molar-refractivity contribution < 1.29 is 61.9 Å². The van der Waals surface area contributed by atoms with Crippen molar-refractivity contribution in [2.45, 2.75) is 63.3 Å². The highest BCUT2D eigenvalue weighted by Crippen LogP contribution is 2.61. The topological polar surface area (TPSA) is 253 Å². The molecule has 35 heavy (non-hydrogen) atoms. The molecular weight excluding hydrogens is 522 g/mol. The van der Waals surface area contributed by atoms with Gasteiger partial charge in [0, 0.05) is 18.2 Å². The molecule has 2 unspecified atom stereocenters. The fourth-order valence-electron chi connectivity index (χ4n) is 3.30. The quantitative estimate of drug-likeness (QED) is 0.189. The van der Waals surface area contributed by atoms with Gasteiger partial charge in [0.05, 0.1) is 12.7 Å². The molecule has 0 aliphatic carbocycles. The van der Waals surface area contributed by atoms with Crippen molar-refractivity contribution in [3.05, 3.63) is 32.6 Å². The lowest BCUT2D eigenvalue weighted by Gasteiger charge is -2.34. The van der Waals surface area contributed by atoms with Crippen LogP contribution < -0.4 is 11.2 Å². The van der Waals surface area contributed by atoms with Crippen molar-refractivity contribution in [1.82, 2.24) is 9.55 Å². The number of phosphoric ester groups is 2. The maximum Gasteiger partial charge on any atom is 0.483 e. The summed E-state index contributed by atoms with van der Waals surface area (Å²) in [5.74, 6) is -0.921. The number of hydrogen-bond acceptors (Lipinski definition) is 13. The second-order valence-electron chi connectivity index (χ2n) is 7.82. The van der Waals surface area contributed by atoms with Crippen molar-refractivity contribution in [3.63, 3.8) is 0 Å². The van der Waals surface area contributed by atoms with Gasteiger partial charge in [0.15, 0.2) is 12.1 Å². The van der Waals surface area contributed by atoms with E-state index in [1.165, 1.54) is 20.0 Å². The molecule has 2 aliphatic rings. The van der Waals surface area contributed by atoms with E-state index in [-0.39, 0.29) is 12.0 Å². The summed E-state index contributed by atoms with van der Waals surface area (Å²) in [6.07, 6.45) is -10.1. The number of H-pyrrole nitrogens is 1. The van der Waals surface area contributed by atoms with Crippen LogP contribution >= 0.6 is 15.6 Å². The Morgan fingerprint density at radius 3 is 2.46 bits per heavy atom. The van der Waals surface area contributed by atoms with Gasteiger partial charge in [-0.25, -0.2) is 13.9 Å². The first-order valence-corrected chi connectivity index (χ1v) is 13.0. The normalized spacial score (nSPS) is 34.9. The molecule has 3 heterocycles. The average molecular weight is 546 g/mol. The minimum Gasteiger partial charge on any atom is -0.390 e. The smallest absolute Gasteiger partial charge is 0.390 e. The zero-order valence-corrected chi connectivity index (χ0v) is 20.0. The first-order chi connectivity index (χ1) is 16.1. The number of ether oxygens (including phenoxy) is 2. The highest BCUT2D eigenvalue weighted by molar-refractivity contribution is 7.61. The third-order valence-electron chi connectivity index (χ3n) is 5.14. The lowest BCUT2D eigenvalue weighted by Crippen LogP contribution is -2.54. The molecule has 2 saturated heterocycles. The number of aromatic nitrogens is 2. The number of aliphatic hydroxyl groups is 3. The molecule has 6 N–H and O–H groups in total. The summed E-state index contributed by atoms with van der Waals surface area (Å²) < 4.78 is 48.7. The molecular formula is C16H24N2O15P2. The Bertz CT molecular complexity index is 1170. The number of hydrogen-bond donors (Lipinski definition) is 6. The zero-order chi connectivity index (χ0) is 26.3. The van der Waals surface area contributed by atoms with Crippen molar-refractivity contribution in [1.29, 1.82) is 0 Å². The molecule has 17 nitrogen and oxygen atoms in total. The zero-order valence-electron chi connectivity index (χ0n) is 18.2. The average Bonchev–Trinajstić information content (AvgIpc) is 3.11. The van der Waals surface area contributed by atoms with E-state index in [9.17, 15) is 48.6 Å². The van der Waals surface area contributed by atoms with Crippen LogP contribution in [0.2, 0.25) is 0 Å². The van der Waals surface area contributed by atoms with E-state index in [4.69, 9.17) is 9.47 Å². The van der Waals surface area contributed by atoms with Crippen molar-refractivity contribution >= 4 is 21.4 Å². The van der Waals surface area contributed by atoms with Crippen molar-refractivity contribution in [3.8, 4) is 0 Å². The van der Waals surface area contributed by atoms with E-state index in [1.54, 1.807) is 0 Å². The maximum absolute atomic E-state index is 12.1. The molecule has 0 saturated carbocycles. The van der Waals surface area contributed by atoms with Gasteiger partial charge < -0.3 is 34.6 Å². The number of nitrogens with one attached hydrogen (secondary N) is 1. The Morgan fingerprint density at radius 2 is 1.80 bits per heavy atom. The molecule has 19 heteroatoms. The molecule has 198 valence electrons. The van der Waals surface area contributed by atoms with Crippen molar-refractivity contribution in [2.75, 3.05) is 6.61 Å². The minimum absolute atomic E-state index is 0.159. The number of aliphatic hydroxyl groups excluding tert-OH is 3. The van der Waals surface area contributed by atoms with Gasteiger partial charge in [0.1, 0.15) is 30.6 Å². The van der Waals surface area contributed by atoms with Crippen LogP contribution in [0.1, 0.15) is 25.1 Å². The fraction of sp³-hybridized carbons (Fsp3) is 0.688. The molecule has 1 aromatic rings. The number of Topliss-reactive ketones (excluding diaryl/α,β-unsaturated/α-hetero) is 1. The maximum atomic E-state index is 12.1. The lowest BCUT2D eigenvalue weighted by atomic mass is 10.0. The van der Waals surface area contributed by atoms with Crippen molar-refractivity contribution in [2.24, 2.45) is 0 Å². The van der Waals surface area contributed by atoms with Crippen LogP contribution in [0.3, 0.4) is 0 Å². The highest BCUT2D eigenvalue weighted by atomic mass is 31.3. The number of phosphoric acid groups is 2. The van der Waals surface area contributed by atoms with E-state index in [1.807, 2.05) is 0 Å². The molecule has 0 aromatic carbocycles.